The van der Waals surface area contributed by atoms with Gasteiger partial charge in [0, 0.05) is 44.7 Å². The van der Waals surface area contributed by atoms with Gasteiger partial charge in [-0.3, -0.25) is 0 Å². The van der Waals surface area contributed by atoms with Crippen LogP contribution in [0.2, 0.25) is 0 Å². The Labute approximate surface area is 167 Å². The van der Waals surface area contributed by atoms with Crippen molar-refractivity contribution in [3.63, 3.8) is 0 Å². The summed E-state index contributed by atoms with van der Waals surface area (Å²) < 4.78 is 0. The van der Waals surface area contributed by atoms with E-state index in [1.807, 2.05) is 23.5 Å². The molecule has 1 aromatic heterocycles. The molecule has 2 aliphatic rings. The van der Waals surface area contributed by atoms with Crippen LogP contribution in [0.1, 0.15) is 11.4 Å². The number of nitrogens with zero attached hydrogens (tertiary/aromatic N) is 1. The Morgan fingerprint density at radius 3 is 2.44 bits per heavy atom. The van der Waals surface area contributed by atoms with Crippen molar-refractivity contribution in [2.45, 2.75) is 32.5 Å². The first-order valence-corrected chi connectivity index (χ1v) is 9.38. The van der Waals surface area contributed by atoms with Gasteiger partial charge in [-0.1, -0.05) is 47.8 Å². The summed E-state index contributed by atoms with van der Waals surface area (Å²) >= 11 is 3.70. The summed E-state index contributed by atoms with van der Waals surface area (Å²) in [6.07, 6.45) is 1.01. The number of hydrogen-bond donors (Lipinski definition) is 2. The molecule has 0 saturated heterocycles. The Balaban J connectivity index is 0.000000911. The second-order valence-corrected chi connectivity index (χ2v) is 7.86. The van der Waals surface area contributed by atoms with E-state index < -0.39 is 0 Å². The predicted molar refractivity (Wildman–Crippen MR) is 109 cm³/mol. The standard InChI is InChI=1S/C18H15N3S2.2ClH/c1-2-6-15-14(5-1)22-16-7-3-4-11(17(16)23-15)18-20-12-8-9-19-10-13(12)21-18;;/h1-7,19H,8-10H2,(H,20,21);2*1H. The zero-order valence-corrected chi connectivity index (χ0v) is 16.5. The molecule has 2 N–H and O–H groups in total. The molecule has 0 spiro atoms. The zero-order chi connectivity index (χ0) is 15.2. The first kappa shape index (κ1) is 18.7. The fourth-order valence-electron chi connectivity index (χ4n) is 3.08. The van der Waals surface area contributed by atoms with Gasteiger partial charge in [0.05, 0.1) is 11.4 Å². The summed E-state index contributed by atoms with van der Waals surface area (Å²) in [4.78, 5) is 13.7. The number of aromatic amines is 1. The average molecular weight is 410 g/mol. The van der Waals surface area contributed by atoms with Gasteiger partial charge >= 0.3 is 0 Å². The molecule has 0 amide bonds. The van der Waals surface area contributed by atoms with Crippen LogP contribution >= 0.6 is 48.3 Å². The maximum Gasteiger partial charge on any atom is 0.139 e. The molecule has 3 nitrogen and oxygen atoms in total. The minimum Gasteiger partial charge on any atom is -0.341 e. The lowest BCUT2D eigenvalue weighted by Crippen LogP contribution is -2.23. The molecule has 25 heavy (non-hydrogen) atoms. The molecule has 0 saturated carbocycles. The van der Waals surface area contributed by atoms with Gasteiger partial charge in [-0.2, -0.15) is 0 Å². The molecule has 3 heterocycles. The van der Waals surface area contributed by atoms with Gasteiger partial charge < -0.3 is 10.3 Å². The summed E-state index contributed by atoms with van der Waals surface area (Å²) in [7, 11) is 0. The molecule has 7 heteroatoms. The van der Waals surface area contributed by atoms with E-state index >= 15 is 0 Å². The molecule has 3 aromatic rings. The van der Waals surface area contributed by atoms with Crippen molar-refractivity contribution in [3.8, 4) is 11.4 Å². The van der Waals surface area contributed by atoms with Gasteiger partial charge in [-0.05, 0) is 18.2 Å². The van der Waals surface area contributed by atoms with Crippen LogP contribution in [-0.4, -0.2) is 16.5 Å². The van der Waals surface area contributed by atoms with Crippen molar-refractivity contribution in [2.24, 2.45) is 0 Å². The van der Waals surface area contributed by atoms with Crippen LogP contribution < -0.4 is 5.32 Å². The number of rotatable bonds is 1. The summed E-state index contributed by atoms with van der Waals surface area (Å²) in [5, 5.41) is 3.40. The van der Waals surface area contributed by atoms with E-state index in [1.54, 1.807) is 0 Å². The summed E-state index contributed by atoms with van der Waals surface area (Å²) in [6.45, 7) is 1.91. The number of benzene rings is 2. The van der Waals surface area contributed by atoms with Crippen molar-refractivity contribution in [3.05, 3.63) is 53.9 Å². The molecule has 2 aromatic carbocycles. The van der Waals surface area contributed by atoms with E-state index in [1.165, 1.54) is 36.5 Å². The second-order valence-electron chi connectivity index (χ2n) is 5.72. The summed E-state index contributed by atoms with van der Waals surface area (Å²) in [5.41, 5.74) is 3.66. The quantitative estimate of drug-likeness (QED) is 0.454. The van der Waals surface area contributed by atoms with Crippen LogP contribution in [0, 0.1) is 0 Å². The van der Waals surface area contributed by atoms with E-state index in [0.29, 0.717) is 0 Å². The Hall–Kier alpha value is -1.11. The highest BCUT2D eigenvalue weighted by Gasteiger charge is 2.22. The maximum absolute atomic E-state index is 4.87. The molecule has 0 atom stereocenters. The highest BCUT2D eigenvalue weighted by Crippen LogP contribution is 2.51. The lowest BCUT2D eigenvalue weighted by Gasteiger charge is -2.20. The van der Waals surface area contributed by atoms with Crippen LogP contribution in [0.15, 0.2) is 62.0 Å². The lowest BCUT2D eigenvalue weighted by atomic mass is 10.2. The Bertz CT molecular complexity index is 888. The minimum atomic E-state index is 0. The van der Waals surface area contributed by atoms with Crippen molar-refractivity contribution in [1.82, 2.24) is 15.3 Å². The van der Waals surface area contributed by atoms with Gasteiger partial charge in [0.2, 0.25) is 0 Å². The minimum absolute atomic E-state index is 0. The van der Waals surface area contributed by atoms with Crippen molar-refractivity contribution in [1.29, 1.82) is 0 Å². The largest absolute Gasteiger partial charge is 0.341 e. The van der Waals surface area contributed by atoms with Gasteiger partial charge in [0.25, 0.3) is 0 Å². The van der Waals surface area contributed by atoms with Crippen molar-refractivity contribution in [2.75, 3.05) is 6.54 Å². The molecular formula is C18H17Cl2N3S2. The maximum atomic E-state index is 4.87. The molecule has 0 bridgehead atoms. The fourth-order valence-corrected chi connectivity index (χ4v) is 5.46. The Morgan fingerprint density at radius 1 is 0.880 bits per heavy atom. The molecule has 0 radical (unpaired) electrons. The highest BCUT2D eigenvalue weighted by atomic mass is 35.5. The third-order valence-corrected chi connectivity index (χ3v) is 6.83. The monoisotopic (exact) mass is 409 g/mol. The van der Waals surface area contributed by atoms with Crippen LogP contribution in [0.5, 0.6) is 0 Å². The average Bonchev–Trinajstić information content (AvgIpc) is 3.03. The van der Waals surface area contributed by atoms with Crippen LogP contribution in [0.3, 0.4) is 0 Å². The van der Waals surface area contributed by atoms with Gasteiger partial charge in [0.1, 0.15) is 5.82 Å². The number of halogens is 2. The SMILES string of the molecule is Cl.Cl.c1ccc2c(c1)Sc1cccc(-c3nc4c([nH]3)CNCC4)c1S2. The number of hydrogen-bond acceptors (Lipinski definition) is 4. The Morgan fingerprint density at radius 2 is 1.64 bits per heavy atom. The van der Waals surface area contributed by atoms with Crippen LogP contribution in [-0.2, 0) is 13.0 Å². The molecule has 5 rings (SSSR count). The first-order valence-electron chi connectivity index (χ1n) is 7.75. The molecule has 2 aliphatic heterocycles. The van der Waals surface area contributed by atoms with E-state index in [4.69, 9.17) is 4.98 Å². The van der Waals surface area contributed by atoms with Crippen molar-refractivity contribution >= 4 is 48.3 Å². The van der Waals surface area contributed by atoms with E-state index in [0.717, 1.165) is 25.3 Å². The number of H-pyrrole nitrogens is 1. The van der Waals surface area contributed by atoms with Gasteiger partial charge in [0.15, 0.2) is 0 Å². The molecule has 0 aliphatic carbocycles. The summed E-state index contributed by atoms with van der Waals surface area (Å²) in [6, 6.07) is 15.1. The number of imidazole rings is 1. The number of fused-ring (bicyclic) bond motifs is 3. The van der Waals surface area contributed by atoms with E-state index in [-0.39, 0.29) is 24.8 Å². The van der Waals surface area contributed by atoms with Crippen molar-refractivity contribution < 1.29 is 0 Å². The molecule has 0 fully saturated rings. The predicted octanol–water partition coefficient (Wildman–Crippen LogP) is 5.18. The van der Waals surface area contributed by atoms with E-state index in [9.17, 15) is 0 Å². The fraction of sp³-hybridized carbons (Fsp3) is 0.167. The van der Waals surface area contributed by atoms with Gasteiger partial charge in [-0.15, -0.1) is 24.8 Å². The highest BCUT2D eigenvalue weighted by molar-refractivity contribution is 8.05. The zero-order valence-electron chi connectivity index (χ0n) is 13.2. The van der Waals surface area contributed by atoms with Gasteiger partial charge in [-0.25, -0.2) is 4.98 Å². The van der Waals surface area contributed by atoms with E-state index in [2.05, 4.69) is 52.8 Å². The third-order valence-electron chi connectivity index (χ3n) is 4.22. The second kappa shape index (κ2) is 7.64. The van der Waals surface area contributed by atoms with Crippen LogP contribution in [0.25, 0.3) is 11.4 Å². The Kier molecular flexibility index (Phi) is 5.71. The third kappa shape index (κ3) is 3.32. The van der Waals surface area contributed by atoms with Crippen LogP contribution in [0.4, 0.5) is 0 Å². The summed E-state index contributed by atoms with van der Waals surface area (Å²) in [5.74, 6) is 1.00. The smallest absolute Gasteiger partial charge is 0.139 e. The normalized spacial score (nSPS) is 14.4. The topological polar surface area (TPSA) is 40.7 Å². The number of nitrogens with one attached hydrogen (secondary N) is 2. The molecule has 130 valence electrons. The molecule has 0 unspecified atom stereocenters. The number of aromatic nitrogens is 2. The molecular weight excluding hydrogens is 393 g/mol. The first-order chi connectivity index (χ1) is 11.4. The lowest BCUT2D eigenvalue weighted by molar-refractivity contribution is 0.627.